The van der Waals surface area contributed by atoms with E-state index in [2.05, 4.69) is 70.4 Å². The molecule has 1 N–H and O–H groups in total. The first kappa shape index (κ1) is 12.9. The molecule has 2 aromatic carbocycles. The highest BCUT2D eigenvalue weighted by atomic mass is 127. The molecule has 0 spiro atoms. The van der Waals surface area contributed by atoms with Gasteiger partial charge in [0.05, 0.1) is 13.2 Å². The molecule has 2 aromatic rings. The highest BCUT2D eigenvalue weighted by Crippen LogP contribution is 2.32. The van der Waals surface area contributed by atoms with Crippen LogP contribution in [0.5, 0.6) is 5.75 Å². The molecule has 1 aliphatic heterocycles. The van der Waals surface area contributed by atoms with E-state index in [1.807, 2.05) is 0 Å². The summed E-state index contributed by atoms with van der Waals surface area (Å²) in [5, 5.41) is 3.62. The average Bonchev–Trinajstić information content (AvgIpc) is 2.46. The molecule has 0 aromatic heterocycles. The van der Waals surface area contributed by atoms with E-state index in [-0.39, 0.29) is 0 Å². The van der Waals surface area contributed by atoms with Crippen molar-refractivity contribution >= 4 is 22.6 Å². The van der Waals surface area contributed by atoms with Crippen LogP contribution >= 0.6 is 22.6 Å². The Morgan fingerprint density at radius 2 is 2.00 bits per heavy atom. The maximum absolute atomic E-state index is 5.32. The smallest absolute Gasteiger partial charge is 0.119 e. The van der Waals surface area contributed by atoms with E-state index in [4.69, 9.17) is 4.74 Å². The van der Waals surface area contributed by atoms with Crippen LogP contribution in [0.25, 0.3) is 0 Å². The Hall–Kier alpha value is -1.07. The number of methoxy groups -OCH3 is 1. The quantitative estimate of drug-likeness (QED) is 0.823. The number of rotatable bonds is 2. The predicted octanol–water partition coefficient (Wildman–Crippen LogP) is 3.53. The molecule has 98 valence electrons. The van der Waals surface area contributed by atoms with Gasteiger partial charge in [-0.3, -0.25) is 0 Å². The second-order valence-corrected chi connectivity index (χ2v) is 5.89. The van der Waals surface area contributed by atoms with E-state index in [1.165, 1.54) is 20.3 Å². The van der Waals surface area contributed by atoms with E-state index in [0.717, 1.165) is 18.7 Å². The van der Waals surface area contributed by atoms with Crippen LogP contribution in [0.2, 0.25) is 0 Å². The van der Waals surface area contributed by atoms with Gasteiger partial charge in [0.1, 0.15) is 5.75 Å². The number of hydrogen-bond acceptors (Lipinski definition) is 2. The van der Waals surface area contributed by atoms with Gasteiger partial charge >= 0.3 is 0 Å². The van der Waals surface area contributed by atoms with Crippen LogP contribution in [0.4, 0.5) is 0 Å². The SMILES string of the molecule is COc1ccc2c(c1)CCNC2c1ccccc1I. The Morgan fingerprint density at radius 1 is 1.16 bits per heavy atom. The van der Waals surface area contributed by atoms with Crippen molar-refractivity contribution in [3.63, 3.8) is 0 Å². The van der Waals surface area contributed by atoms with Crippen LogP contribution in [0, 0.1) is 3.57 Å². The summed E-state index contributed by atoms with van der Waals surface area (Å²) < 4.78 is 6.63. The van der Waals surface area contributed by atoms with Crippen molar-refractivity contribution < 1.29 is 4.74 Å². The van der Waals surface area contributed by atoms with Gasteiger partial charge in [-0.2, -0.15) is 0 Å². The summed E-state index contributed by atoms with van der Waals surface area (Å²) in [4.78, 5) is 0. The number of nitrogens with one attached hydrogen (secondary N) is 1. The Morgan fingerprint density at radius 3 is 2.79 bits per heavy atom. The number of hydrogen-bond donors (Lipinski definition) is 1. The Kier molecular flexibility index (Phi) is 3.75. The molecule has 1 unspecified atom stereocenters. The predicted molar refractivity (Wildman–Crippen MR) is 85.7 cm³/mol. The summed E-state index contributed by atoms with van der Waals surface area (Å²) in [5.74, 6) is 0.946. The van der Waals surface area contributed by atoms with Gasteiger partial charge in [0.15, 0.2) is 0 Å². The lowest BCUT2D eigenvalue weighted by atomic mass is 9.90. The fourth-order valence-electron chi connectivity index (χ4n) is 2.66. The Bertz CT molecular complexity index is 597. The minimum Gasteiger partial charge on any atom is -0.497 e. The summed E-state index contributed by atoms with van der Waals surface area (Å²) >= 11 is 2.41. The van der Waals surface area contributed by atoms with Gasteiger partial charge in [0, 0.05) is 10.1 Å². The number of halogens is 1. The van der Waals surface area contributed by atoms with E-state index >= 15 is 0 Å². The van der Waals surface area contributed by atoms with Gasteiger partial charge in [-0.05, 0) is 63.9 Å². The summed E-state index contributed by atoms with van der Waals surface area (Å²) in [6.45, 7) is 1.01. The lowest BCUT2D eigenvalue weighted by Crippen LogP contribution is -2.31. The number of benzene rings is 2. The molecule has 0 saturated heterocycles. The molecule has 19 heavy (non-hydrogen) atoms. The zero-order valence-electron chi connectivity index (χ0n) is 10.8. The van der Waals surface area contributed by atoms with Crippen molar-refractivity contribution in [2.45, 2.75) is 12.5 Å². The van der Waals surface area contributed by atoms with Crippen molar-refractivity contribution in [1.29, 1.82) is 0 Å². The first-order valence-electron chi connectivity index (χ1n) is 6.44. The monoisotopic (exact) mass is 365 g/mol. The molecular formula is C16H16INO. The molecule has 0 bridgehead atoms. The highest BCUT2D eigenvalue weighted by molar-refractivity contribution is 14.1. The van der Waals surface area contributed by atoms with Crippen LogP contribution < -0.4 is 10.1 Å². The molecule has 2 nitrogen and oxygen atoms in total. The van der Waals surface area contributed by atoms with E-state index in [9.17, 15) is 0 Å². The first-order valence-corrected chi connectivity index (χ1v) is 7.52. The van der Waals surface area contributed by atoms with Gasteiger partial charge < -0.3 is 10.1 Å². The van der Waals surface area contributed by atoms with Gasteiger partial charge in [0.2, 0.25) is 0 Å². The van der Waals surface area contributed by atoms with Crippen molar-refractivity contribution in [2.75, 3.05) is 13.7 Å². The minimum absolute atomic E-state index is 0.294. The average molecular weight is 365 g/mol. The van der Waals surface area contributed by atoms with Crippen LogP contribution in [-0.2, 0) is 6.42 Å². The summed E-state index contributed by atoms with van der Waals surface area (Å²) in [7, 11) is 1.72. The minimum atomic E-state index is 0.294. The Balaban J connectivity index is 2.06. The van der Waals surface area contributed by atoms with Gasteiger partial charge in [-0.15, -0.1) is 0 Å². The largest absolute Gasteiger partial charge is 0.497 e. The van der Waals surface area contributed by atoms with Gasteiger partial charge in [0.25, 0.3) is 0 Å². The van der Waals surface area contributed by atoms with E-state index in [1.54, 1.807) is 7.11 Å². The third kappa shape index (κ3) is 2.49. The lowest BCUT2D eigenvalue weighted by Gasteiger charge is -2.28. The molecule has 3 heteroatoms. The van der Waals surface area contributed by atoms with Crippen LogP contribution in [0.1, 0.15) is 22.7 Å². The fourth-order valence-corrected chi connectivity index (χ4v) is 3.35. The second-order valence-electron chi connectivity index (χ2n) is 4.72. The van der Waals surface area contributed by atoms with Crippen LogP contribution in [0.15, 0.2) is 42.5 Å². The maximum Gasteiger partial charge on any atom is 0.119 e. The van der Waals surface area contributed by atoms with Crippen molar-refractivity contribution in [1.82, 2.24) is 5.32 Å². The molecular weight excluding hydrogens is 349 g/mol. The van der Waals surface area contributed by atoms with Gasteiger partial charge in [-0.25, -0.2) is 0 Å². The lowest BCUT2D eigenvalue weighted by molar-refractivity contribution is 0.413. The van der Waals surface area contributed by atoms with Crippen LogP contribution in [0.3, 0.4) is 0 Å². The zero-order valence-corrected chi connectivity index (χ0v) is 13.0. The normalized spacial score (nSPS) is 17.9. The second kappa shape index (κ2) is 5.51. The van der Waals surface area contributed by atoms with Crippen molar-refractivity contribution in [3.05, 3.63) is 62.7 Å². The molecule has 1 atom stereocenters. The molecule has 0 radical (unpaired) electrons. The molecule has 0 aliphatic carbocycles. The molecule has 0 amide bonds. The first-order chi connectivity index (χ1) is 9.29. The summed E-state index contributed by atoms with van der Waals surface area (Å²) in [6, 6.07) is 15.3. The number of fused-ring (bicyclic) bond motifs is 1. The zero-order chi connectivity index (χ0) is 13.2. The van der Waals surface area contributed by atoms with Crippen LogP contribution in [-0.4, -0.2) is 13.7 Å². The molecule has 0 saturated carbocycles. The molecule has 3 rings (SSSR count). The highest BCUT2D eigenvalue weighted by Gasteiger charge is 2.22. The molecule has 1 heterocycles. The summed E-state index contributed by atoms with van der Waals surface area (Å²) in [5.41, 5.74) is 4.12. The Labute approximate surface area is 127 Å². The van der Waals surface area contributed by atoms with Crippen molar-refractivity contribution in [3.8, 4) is 5.75 Å². The standard InChI is InChI=1S/C16H16INO/c1-19-12-6-7-13-11(10-12)8-9-18-16(13)14-4-2-3-5-15(14)17/h2-7,10,16,18H,8-9H2,1H3. The summed E-state index contributed by atoms with van der Waals surface area (Å²) in [6.07, 6.45) is 1.06. The topological polar surface area (TPSA) is 21.3 Å². The third-order valence-electron chi connectivity index (χ3n) is 3.62. The molecule has 1 aliphatic rings. The molecule has 0 fully saturated rings. The number of ether oxygens (including phenoxy) is 1. The fraction of sp³-hybridized carbons (Fsp3) is 0.250. The maximum atomic E-state index is 5.32. The van der Waals surface area contributed by atoms with Crippen molar-refractivity contribution in [2.24, 2.45) is 0 Å². The van der Waals surface area contributed by atoms with E-state index < -0.39 is 0 Å². The van der Waals surface area contributed by atoms with E-state index in [0.29, 0.717) is 6.04 Å². The third-order valence-corrected chi connectivity index (χ3v) is 4.60. The van der Waals surface area contributed by atoms with Gasteiger partial charge in [-0.1, -0.05) is 24.3 Å².